The van der Waals surface area contributed by atoms with E-state index >= 15 is 0 Å². The Kier molecular flexibility index (Phi) is 3.80. The zero-order valence-corrected chi connectivity index (χ0v) is 12.7. The van der Waals surface area contributed by atoms with Crippen LogP contribution in [0.5, 0.6) is 5.75 Å². The first-order valence-corrected chi connectivity index (χ1v) is 7.33. The third-order valence-electron chi connectivity index (χ3n) is 3.40. The van der Waals surface area contributed by atoms with E-state index in [1.54, 1.807) is 18.2 Å². The Hall–Kier alpha value is -2.07. The maximum absolute atomic E-state index is 13.2. The van der Waals surface area contributed by atoms with E-state index in [1.165, 1.54) is 6.07 Å². The highest BCUT2D eigenvalue weighted by molar-refractivity contribution is 9.10. The highest BCUT2D eigenvalue weighted by Gasteiger charge is 2.07. The molecule has 2 N–H and O–H groups in total. The van der Waals surface area contributed by atoms with Crippen molar-refractivity contribution in [2.45, 2.75) is 6.54 Å². The molecule has 21 heavy (non-hydrogen) atoms. The van der Waals surface area contributed by atoms with Crippen molar-refractivity contribution in [2.75, 3.05) is 5.32 Å². The lowest BCUT2D eigenvalue weighted by atomic mass is 10.0. The molecule has 106 valence electrons. The van der Waals surface area contributed by atoms with Crippen molar-refractivity contribution in [3.05, 3.63) is 70.5 Å². The molecular weight excluding hydrogens is 333 g/mol. The number of hydrogen-bond donors (Lipinski definition) is 2. The molecule has 4 heteroatoms. The normalized spacial score (nSPS) is 10.8. The Morgan fingerprint density at radius 1 is 1.05 bits per heavy atom. The van der Waals surface area contributed by atoms with Crippen LogP contribution in [0.1, 0.15) is 5.56 Å². The molecule has 0 saturated carbocycles. The summed E-state index contributed by atoms with van der Waals surface area (Å²) in [5, 5.41) is 15.4. The summed E-state index contributed by atoms with van der Waals surface area (Å²) in [5.74, 6) is -0.0454. The van der Waals surface area contributed by atoms with E-state index in [1.807, 2.05) is 30.3 Å². The monoisotopic (exact) mass is 345 g/mol. The molecule has 0 bridgehead atoms. The van der Waals surface area contributed by atoms with E-state index in [2.05, 4.69) is 21.2 Å². The number of rotatable bonds is 3. The molecule has 0 atom stereocenters. The molecule has 3 aromatic carbocycles. The van der Waals surface area contributed by atoms with Crippen molar-refractivity contribution in [1.82, 2.24) is 0 Å². The number of nitrogens with one attached hydrogen (secondary N) is 1. The third-order valence-corrected chi connectivity index (χ3v) is 4.01. The van der Waals surface area contributed by atoms with Gasteiger partial charge in [0.05, 0.1) is 4.47 Å². The smallest absolute Gasteiger partial charge is 0.137 e. The first-order valence-electron chi connectivity index (χ1n) is 6.53. The maximum atomic E-state index is 13.2. The van der Waals surface area contributed by atoms with Crippen molar-refractivity contribution < 1.29 is 9.50 Å². The maximum Gasteiger partial charge on any atom is 0.137 e. The Morgan fingerprint density at radius 2 is 1.86 bits per heavy atom. The second-order valence-corrected chi connectivity index (χ2v) is 5.62. The number of phenols is 1. The van der Waals surface area contributed by atoms with Crippen LogP contribution in [0.15, 0.2) is 59.1 Å². The van der Waals surface area contributed by atoms with Crippen molar-refractivity contribution in [2.24, 2.45) is 0 Å². The van der Waals surface area contributed by atoms with Crippen molar-refractivity contribution in [3.63, 3.8) is 0 Å². The molecule has 0 aliphatic rings. The van der Waals surface area contributed by atoms with Crippen LogP contribution >= 0.6 is 15.9 Å². The first-order chi connectivity index (χ1) is 10.1. The van der Waals surface area contributed by atoms with Gasteiger partial charge in [0.2, 0.25) is 0 Å². The highest BCUT2D eigenvalue weighted by atomic mass is 79.9. The molecule has 0 aliphatic heterocycles. The molecule has 0 aliphatic carbocycles. The molecule has 0 aromatic heterocycles. The fraction of sp³-hybridized carbons (Fsp3) is 0.0588. The molecular formula is C17H13BrFNO. The van der Waals surface area contributed by atoms with E-state index in [-0.39, 0.29) is 11.6 Å². The second kappa shape index (κ2) is 5.74. The molecule has 0 spiro atoms. The lowest BCUT2D eigenvalue weighted by Gasteiger charge is -2.12. The van der Waals surface area contributed by atoms with Gasteiger partial charge in [-0.15, -0.1) is 0 Å². The second-order valence-electron chi connectivity index (χ2n) is 4.77. The molecule has 0 fully saturated rings. The van der Waals surface area contributed by atoms with Gasteiger partial charge < -0.3 is 10.4 Å². The highest BCUT2D eigenvalue weighted by Crippen LogP contribution is 2.28. The summed E-state index contributed by atoms with van der Waals surface area (Å²) in [5.41, 5.74) is 1.61. The van der Waals surface area contributed by atoms with E-state index < -0.39 is 0 Å². The van der Waals surface area contributed by atoms with Gasteiger partial charge in [0.25, 0.3) is 0 Å². The van der Waals surface area contributed by atoms with Gasteiger partial charge in [-0.3, -0.25) is 0 Å². The fourth-order valence-corrected chi connectivity index (χ4v) is 2.69. The van der Waals surface area contributed by atoms with Crippen LogP contribution in [0.2, 0.25) is 0 Å². The van der Waals surface area contributed by atoms with Crippen molar-refractivity contribution in [1.29, 1.82) is 0 Å². The van der Waals surface area contributed by atoms with Gasteiger partial charge in [-0.25, -0.2) is 4.39 Å². The van der Waals surface area contributed by atoms with Crippen LogP contribution in [-0.2, 0) is 6.54 Å². The Bertz CT molecular complexity index is 804. The molecule has 2 nitrogen and oxygen atoms in total. The van der Waals surface area contributed by atoms with Gasteiger partial charge in [-0.05, 0) is 51.0 Å². The molecule has 3 rings (SSSR count). The Morgan fingerprint density at radius 3 is 2.67 bits per heavy atom. The van der Waals surface area contributed by atoms with E-state index in [0.717, 1.165) is 22.0 Å². The summed E-state index contributed by atoms with van der Waals surface area (Å²) >= 11 is 3.16. The van der Waals surface area contributed by atoms with Crippen LogP contribution in [0.4, 0.5) is 10.1 Å². The molecule has 3 aromatic rings. The van der Waals surface area contributed by atoms with E-state index in [4.69, 9.17) is 0 Å². The summed E-state index contributed by atoms with van der Waals surface area (Å²) in [6.45, 7) is 0.464. The quantitative estimate of drug-likeness (QED) is 0.695. The third kappa shape index (κ3) is 2.85. The number of halogens is 2. The topological polar surface area (TPSA) is 32.3 Å². The number of fused-ring (bicyclic) bond motifs is 1. The lowest BCUT2D eigenvalue weighted by Crippen LogP contribution is -2.01. The molecule has 0 amide bonds. The molecule has 0 radical (unpaired) electrons. The fourth-order valence-electron chi connectivity index (χ4n) is 2.31. The number of hydrogen-bond acceptors (Lipinski definition) is 2. The largest absolute Gasteiger partial charge is 0.508 e. The van der Waals surface area contributed by atoms with Gasteiger partial charge >= 0.3 is 0 Å². The zero-order valence-electron chi connectivity index (χ0n) is 11.1. The van der Waals surface area contributed by atoms with Crippen LogP contribution in [0.25, 0.3) is 10.8 Å². The first kappa shape index (κ1) is 13.9. The minimum absolute atomic E-state index is 0.252. The standard InChI is InChI=1S/C17H13BrFNO/c18-15-9-12(6-7-16(15)19)20-10-14-13-4-2-1-3-11(13)5-8-17(14)21/h1-9,20-21H,10H2. The minimum Gasteiger partial charge on any atom is -0.508 e. The zero-order chi connectivity index (χ0) is 14.8. The average molecular weight is 346 g/mol. The van der Waals surface area contributed by atoms with Crippen LogP contribution < -0.4 is 5.32 Å². The Balaban J connectivity index is 1.91. The number of aromatic hydroxyl groups is 1. The van der Waals surface area contributed by atoms with Crippen LogP contribution in [0.3, 0.4) is 0 Å². The minimum atomic E-state index is -0.298. The number of phenolic OH excluding ortho intramolecular Hbond substituents is 1. The predicted octanol–water partition coefficient (Wildman–Crippen LogP) is 5.06. The van der Waals surface area contributed by atoms with Gasteiger partial charge in [0.15, 0.2) is 0 Å². The van der Waals surface area contributed by atoms with Crippen molar-refractivity contribution in [3.8, 4) is 5.75 Å². The average Bonchev–Trinajstić information content (AvgIpc) is 2.50. The number of anilines is 1. The van der Waals surface area contributed by atoms with E-state index in [9.17, 15) is 9.50 Å². The lowest BCUT2D eigenvalue weighted by molar-refractivity contribution is 0.470. The van der Waals surface area contributed by atoms with Crippen molar-refractivity contribution >= 4 is 32.4 Å². The van der Waals surface area contributed by atoms with Gasteiger partial charge in [0, 0.05) is 17.8 Å². The summed E-state index contributed by atoms with van der Waals surface area (Å²) in [4.78, 5) is 0. The van der Waals surface area contributed by atoms with Gasteiger partial charge in [-0.2, -0.15) is 0 Å². The summed E-state index contributed by atoms with van der Waals surface area (Å²) in [6, 6.07) is 16.2. The molecule has 0 saturated heterocycles. The predicted molar refractivity (Wildman–Crippen MR) is 87.0 cm³/mol. The SMILES string of the molecule is Oc1ccc2ccccc2c1CNc1ccc(F)c(Br)c1. The summed E-state index contributed by atoms with van der Waals surface area (Å²) in [7, 11) is 0. The van der Waals surface area contributed by atoms with Gasteiger partial charge in [-0.1, -0.05) is 30.3 Å². The van der Waals surface area contributed by atoms with Crippen LogP contribution in [0, 0.1) is 5.82 Å². The van der Waals surface area contributed by atoms with Crippen LogP contribution in [-0.4, -0.2) is 5.11 Å². The van der Waals surface area contributed by atoms with Gasteiger partial charge in [0.1, 0.15) is 11.6 Å². The summed E-state index contributed by atoms with van der Waals surface area (Å²) in [6.07, 6.45) is 0. The Labute approximate surface area is 130 Å². The number of benzene rings is 3. The molecule has 0 unspecified atom stereocenters. The van der Waals surface area contributed by atoms with E-state index in [0.29, 0.717) is 11.0 Å². The summed E-state index contributed by atoms with van der Waals surface area (Å²) < 4.78 is 13.6. The molecule has 0 heterocycles.